The molecule has 0 radical (unpaired) electrons. The second-order valence-corrected chi connectivity index (χ2v) is 2.80. The number of likely N-dealkylation sites (N-methyl/N-ethyl adjacent to an activating group) is 1. The van der Waals surface area contributed by atoms with Crippen molar-refractivity contribution in [3.05, 3.63) is 0 Å². The van der Waals surface area contributed by atoms with Gasteiger partial charge >= 0.3 is 5.97 Å². The molecule has 0 heterocycles. The van der Waals surface area contributed by atoms with Gasteiger partial charge in [0.15, 0.2) is 0 Å². The zero-order valence-corrected chi connectivity index (χ0v) is 7.96. The SMILES string of the molecule is CNC(CCCNC(C)=O)C(=O)O. The van der Waals surface area contributed by atoms with Crippen molar-refractivity contribution >= 4 is 11.9 Å². The maximum atomic E-state index is 10.5. The Morgan fingerprint density at radius 3 is 2.46 bits per heavy atom. The van der Waals surface area contributed by atoms with E-state index >= 15 is 0 Å². The molecule has 0 spiro atoms. The van der Waals surface area contributed by atoms with E-state index in [9.17, 15) is 9.59 Å². The highest BCUT2D eigenvalue weighted by Crippen LogP contribution is 1.95. The number of carbonyl (C=O) groups excluding carboxylic acids is 1. The number of hydrogen-bond acceptors (Lipinski definition) is 3. The largest absolute Gasteiger partial charge is 0.480 e. The van der Waals surface area contributed by atoms with Crippen LogP contribution in [0.25, 0.3) is 0 Å². The van der Waals surface area contributed by atoms with Crippen molar-refractivity contribution in [2.24, 2.45) is 0 Å². The van der Waals surface area contributed by atoms with Gasteiger partial charge in [0.2, 0.25) is 5.91 Å². The van der Waals surface area contributed by atoms with Crippen LogP contribution in [-0.4, -0.2) is 36.6 Å². The Morgan fingerprint density at radius 1 is 1.46 bits per heavy atom. The normalized spacial score (nSPS) is 12.2. The zero-order valence-electron chi connectivity index (χ0n) is 7.96. The first-order valence-electron chi connectivity index (χ1n) is 4.22. The van der Waals surface area contributed by atoms with E-state index in [1.807, 2.05) is 0 Å². The molecule has 0 aliphatic rings. The molecule has 1 amide bonds. The fourth-order valence-electron chi connectivity index (χ4n) is 0.962. The number of carboxylic acid groups (broad SMARTS) is 1. The average molecular weight is 188 g/mol. The number of carbonyl (C=O) groups is 2. The highest BCUT2D eigenvalue weighted by atomic mass is 16.4. The number of hydrogen-bond donors (Lipinski definition) is 3. The van der Waals surface area contributed by atoms with Crippen molar-refractivity contribution in [3.63, 3.8) is 0 Å². The van der Waals surface area contributed by atoms with Gasteiger partial charge in [-0.2, -0.15) is 0 Å². The lowest BCUT2D eigenvalue weighted by Crippen LogP contribution is -2.34. The lowest BCUT2D eigenvalue weighted by Gasteiger charge is -2.10. The van der Waals surface area contributed by atoms with E-state index < -0.39 is 12.0 Å². The Bertz CT molecular complexity index is 182. The van der Waals surface area contributed by atoms with Crippen LogP contribution in [0.15, 0.2) is 0 Å². The summed E-state index contributed by atoms with van der Waals surface area (Å²) in [6.07, 6.45) is 1.18. The van der Waals surface area contributed by atoms with Crippen molar-refractivity contribution in [1.29, 1.82) is 0 Å². The summed E-state index contributed by atoms with van der Waals surface area (Å²) in [6.45, 7) is 1.97. The second kappa shape index (κ2) is 6.42. The molecule has 5 nitrogen and oxygen atoms in total. The minimum atomic E-state index is -0.856. The fourth-order valence-corrected chi connectivity index (χ4v) is 0.962. The third kappa shape index (κ3) is 6.10. The van der Waals surface area contributed by atoms with Gasteiger partial charge in [0, 0.05) is 13.5 Å². The minimum absolute atomic E-state index is 0.0867. The number of rotatable bonds is 6. The summed E-state index contributed by atoms with van der Waals surface area (Å²) >= 11 is 0. The Balaban J connectivity index is 3.50. The van der Waals surface area contributed by atoms with E-state index in [1.54, 1.807) is 7.05 Å². The topological polar surface area (TPSA) is 78.4 Å². The first kappa shape index (κ1) is 11.9. The van der Waals surface area contributed by atoms with E-state index in [1.165, 1.54) is 6.92 Å². The Kier molecular flexibility index (Phi) is 5.88. The van der Waals surface area contributed by atoms with Crippen LogP contribution in [0.4, 0.5) is 0 Å². The molecule has 0 saturated heterocycles. The van der Waals surface area contributed by atoms with Crippen LogP contribution < -0.4 is 10.6 Å². The summed E-state index contributed by atoms with van der Waals surface area (Å²) in [6, 6.07) is -0.520. The van der Waals surface area contributed by atoms with Gasteiger partial charge in [0.05, 0.1) is 0 Å². The van der Waals surface area contributed by atoms with Crippen molar-refractivity contribution in [1.82, 2.24) is 10.6 Å². The molecule has 0 aromatic heterocycles. The summed E-state index contributed by atoms with van der Waals surface area (Å²) in [5.74, 6) is -0.943. The molecular formula is C8H16N2O3. The molecule has 0 rings (SSSR count). The summed E-state index contributed by atoms with van der Waals surface area (Å²) in [5, 5.41) is 13.9. The molecule has 0 aliphatic heterocycles. The van der Waals surface area contributed by atoms with Gasteiger partial charge in [-0.3, -0.25) is 9.59 Å². The quantitative estimate of drug-likeness (QED) is 0.494. The number of amides is 1. The maximum absolute atomic E-state index is 10.5. The van der Waals surface area contributed by atoms with Crippen LogP contribution in [0.2, 0.25) is 0 Å². The molecule has 13 heavy (non-hydrogen) atoms. The van der Waals surface area contributed by atoms with E-state index in [0.29, 0.717) is 19.4 Å². The van der Waals surface area contributed by atoms with Crippen LogP contribution in [0.5, 0.6) is 0 Å². The maximum Gasteiger partial charge on any atom is 0.320 e. The molecule has 0 aliphatic carbocycles. The first-order chi connectivity index (χ1) is 6.07. The van der Waals surface area contributed by atoms with E-state index in [2.05, 4.69) is 10.6 Å². The van der Waals surface area contributed by atoms with Gasteiger partial charge in [-0.25, -0.2) is 0 Å². The van der Waals surface area contributed by atoms with Gasteiger partial charge in [-0.05, 0) is 19.9 Å². The van der Waals surface area contributed by atoms with Crippen LogP contribution in [0, 0.1) is 0 Å². The molecular weight excluding hydrogens is 172 g/mol. The monoisotopic (exact) mass is 188 g/mol. The minimum Gasteiger partial charge on any atom is -0.480 e. The molecule has 3 N–H and O–H groups in total. The highest BCUT2D eigenvalue weighted by molar-refractivity contribution is 5.73. The molecule has 0 saturated carbocycles. The van der Waals surface area contributed by atoms with Gasteiger partial charge < -0.3 is 15.7 Å². The third-order valence-electron chi connectivity index (χ3n) is 1.69. The van der Waals surface area contributed by atoms with Gasteiger partial charge in [-0.15, -0.1) is 0 Å². The van der Waals surface area contributed by atoms with Crippen molar-refractivity contribution in [2.75, 3.05) is 13.6 Å². The van der Waals surface area contributed by atoms with Crippen LogP contribution in [0.3, 0.4) is 0 Å². The Hall–Kier alpha value is -1.10. The van der Waals surface area contributed by atoms with E-state index in [0.717, 1.165) is 0 Å². The summed E-state index contributed by atoms with van der Waals surface area (Å²) in [7, 11) is 1.61. The predicted molar refractivity (Wildman–Crippen MR) is 48.4 cm³/mol. The van der Waals surface area contributed by atoms with Crippen LogP contribution >= 0.6 is 0 Å². The van der Waals surface area contributed by atoms with Crippen LogP contribution in [0.1, 0.15) is 19.8 Å². The molecule has 5 heteroatoms. The smallest absolute Gasteiger partial charge is 0.320 e. The molecule has 1 atom stereocenters. The van der Waals surface area contributed by atoms with Gasteiger partial charge in [0.25, 0.3) is 0 Å². The molecule has 0 aromatic carbocycles. The first-order valence-corrected chi connectivity index (χ1v) is 4.22. The fraction of sp³-hybridized carbons (Fsp3) is 0.750. The van der Waals surface area contributed by atoms with E-state index in [-0.39, 0.29) is 5.91 Å². The number of aliphatic carboxylic acids is 1. The van der Waals surface area contributed by atoms with Gasteiger partial charge in [0.1, 0.15) is 6.04 Å². The molecule has 0 aromatic rings. The second-order valence-electron chi connectivity index (χ2n) is 2.80. The summed E-state index contributed by atoms with van der Waals surface area (Å²) in [5.41, 5.74) is 0. The molecule has 0 bridgehead atoms. The molecule has 0 fully saturated rings. The Labute approximate surface area is 77.5 Å². The standard InChI is InChI=1S/C8H16N2O3/c1-6(11)10-5-3-4-7(9-2)8(12)13/h7,9H,3-5H2,1-2H3,(H,10,11)(H,12,13). The zero-order chi connectivity index (χ0) is 10.3. The van der Waals surface area contributed by atoms with Crippen molar-refractivity contribution < 1.29 is 14.7 Å². The van der Waals surface area contributed by atoms with Crippen molar-refractivity contribution in [3.8, 4) is 0 Å². The number of carboxylic acids is 1. The van der Waals surface area contributed by atoms with Gasteiger partial charge in [-0.1, -0.05) is 0 Å². The lowest BCUT2D eigenvalue weighted by molar-refractivity contribution is -0.139. The molecule has 1 unspecified atom stereocenters. The summed E-state index contributed by atoms with van der Waals surface area (Å²) in [4.78, 5) is 21.0. The number of nitrogens with one attached hydrogen (secondary N) is 2. The highest BCUT2D eigenvalue weighted by Gasteiger charge is 2.13. The van der Waals surface area contributed by atoms with Crippen LogP contribution in [-0.2, 0) is 9.59 Å². The lowest BCUT2D eigenvalue weighted by atomic mass is 10.1. The van der Waals surface area contributed by atoms with Crippen molar-refractivity contribution in [2.45, 2.75) is 25.8 Å². The third-order valence-corrected chi connectivity index (χ3v) is 1.69. The summed E-state index contributed by atoms with van der Waals surface area (Å²) < 4.78 is 0. The average Bonchev–Trinajstić information content (AvgIpc) is 2.03. The molecule has 76 valence electrons. The predicted octanol–water partition coefficient (Wildman–Crippen LogP) is -0.425. The van der Waals surface area contributed by atoms with E-state index in [4.69, 9.17) is 5.11 Å². The Morgan fingerprint density at radius 2 is 2.08 bits per heavy atom.